The molecule has 0 amide bonds. The third kappa shape index (κ3) is 5.53. The van der Waals surface area contributed by atoms with E-state index in [9.17, 15) is 5.11 Å². The minimum Gasteiger partial charge on any atom is -0.410 e. The normalized spacial score (nSPS) is 14.1. The second-order valence-corrected chi connectivity index (χ2v) is 12.5. The van der Waals surface area contributed by atoms with E-state index < -0.39 is 8.32 Å². The van der Waals surface area contributed by atoms with Crippen LogP contribution in [0.1, 0.15) is 70.6 Å². The second-order valence-electron chi connectivity index (χ2n) is 7.76. The molecular formula is C19H34O2Si. The van der Waals surface area contributed by atoms with Crippen LogP contribution in [0.3, 0.4) is 0 Å². The average Bonchev–Trinajstić information content (AvgIpc) is 2.45. The second kappa shape index (κ2) is 8.28. The zero-order valence-corrected chi connectivity index (χ0v) is 16.3. The molecule has 2 nitrogen and oxygen atoms in total. The molecule has 1 aromatic carbocycles. The summed E-state index contributed by atoms with van der Waals surface area (Å²) in [6, 6.07) is 8.26. The molecule has 1 N–H and O–H groups in total. The van der Waals surface area contributed by atoms with Crippen molar-refractivity contribution in [1.82, 2.24) is 0 Å². The smallest absolute Gasteiger partial charge is 0.192 e. The lowest BCUT2D eigenvalue weighted by atomic mass is 10.0. The summed E-state index contributed by atoms with van der Waals surface area (Å²) in [6.45, 7) is 13.8. The number of aliphatic hydroxyl groups excluding tert-OH is 1. The lowest BCUT2D eigenvalue weighted by Gasteiger charge is -2.39. The Balaban J connectivity index is 2.91. The van der Waals surface area contributed by atoms with Crippen LogP contribution >= 0.6 is 0 Å². The molecule has 22 heavy (non-hydrogen) atoms. The minimum absolute atomic E-state index is 0.101. The van der Waals surface area contributed by atoms with Crippen LogP contribution < -0.4 is 0 Å². The molecule has 0 bridgehead atoms. The molecule has 3 heteroatoms. The number of benzene rings is 1. The summed E-state index contributed by atoms with van der Waals surface area (Å²) in [6.07, 6.45) is 4.96. The van der Waals surface area contributed by atoms with Gasteiger partial charge in [0.1, 0.15) is 0 Å². The third-order valence-corrected chi connectivity index (χ3v) is 9.33. The Bertz CT molecular complexity index is 432. The Labute approximate surface area is 138 Å². The predicted molar refractivity (Wildman–Crippen MR) is 97.5 cm³/mol. The fourth-order valence-corrected chi connectivity index (χ4v) is 3.56. The van der Waals surface area contributed by atoms with E-state index in [-0.39, 0.29) is 17.7 Å². The van der Waals surface area contributed by atoms with Gasteiger partial charge >= 0.3 is 0 Å². The molecule has 0 saturated carbocycles. The molecule has 0 spiro atoms. The number of rotatable bonds is 8. The number of unbranched alkanes of at least 4 members (excludes halogenated alkanes) is 2. The highest BCUT2D eigenvalue weighted by Gasteiger charge is 2.39. The molecule has 1 atom stereocenters. The van der Waals surface area contributed by atoms with Crippen molar-refractivity contribution in [1.29, 1.82) is 0 Å². The van der Waals surface area contributed by atoms with E-state index in [4.69, 9.17) is 4.43 Å². The van der Waals surface area contributed by atoms with Crippen LogP contribution in [0.4, 0.5) is 0 Å². The molecule has 0 radical (unpaired) electrons. The van der Waals surface area contributed by atoms with Crippen molar-refractivity contribution in [2.45, 2.75) is 84.2 Å². The lowest BCUT2D eigenvalue weighted by Crippen LogP contribution is -2.41. The van der Waals surface area contributed by atoms with Gasteiger partial charge in [0.2, 0.25) is 0 Å². The fraction of sp³-hybridized carbons (Fsp3) is 0.684. The van der Waals surface area contributed by atoms with Crippen LogP contribution in [0.25, 0.3) is 0 Å². The highest BCUT2D eigenvalue weighted by Crippen LogP contribution is 2.41. The van der Waals surface area contributed by atoms with Gasteiger partial charge in [-0.3, -0.25) is 0 Å². The van der Waals surface area contributed by atoms with E-state index in [1.54, 1.807) is 0 Å². The fourth-order valence-electron chi connectivity index (χ4n) is 2.24. The van der Waals surface area contributed by atoms with Gasteiger partial charge in [0.05, 0.1) is 12.7 Å². The van der Waals surface area contributed by atoms with Crippen LogP contribution in [0, 0.1) is 0 Å². The largest absolute Gasteiger partial charge is 0.410 e. The summed E-state index contributed by atoms with van der Waals surface area (Å²) in [4.78, 5) is 0. The van der Waals surface area contributed by atoms with Crippen LogP contribution in [-0.2, 0) is 11.0 Å². The van der Waals surface area contributed by atoms with E-state index in [1.165, 1.54) is 24.8 Å². The zero-order chi connectivity index (χ0) is 16.8. The topological polar surface area (TPSA) is 29.5 Å². The van der Waals surface area contributed by atoms with Crippen LogP contribution in [0.5, 0.6) is 0 Å². The monoisotopic (exact) mass is 322 g/mol. The molecule has 0 fully saturated rings. The van der Waals surface area contributed by atoms with E-state index in [2.05, 4.69) is 52.9 Å². The van der Waals surface area contributed by atoms with Crippen molar-refractivity contribution >= 4 is 8.32 Å². The first-order valence-electron chi connectivity index (χ1n) is 8.59. The van der Waals surface area contributed by atoms with Crippen molar-refractivity contribution in [3.63, 3.8) is 0 Å². The lowest BCUT2D eigenvalue weighted by molar-refractivity contribution is 0.170. The summed E-state index contributed by atoms with van der Waals surface area (Å²) < 4.78 is 6.68. The Morgan fingerprint density at radius 2 is 1.68 bits per heavy atom. The standard InChI is InChI=1S/C19H34O2Si/c1-7-8-9-10-18(21-22(5,6)19(2,3)4)17-13-11-16(15-20)12-14-17/h11-14,18,20H,7-10,15H2,1-6H3/t18-/m0/s1. The van der Waals surface area contributed by atoms with E-state index in [0.29, 0.717) is 0 Å². The first-order chi connectivity index (χ1) is 10.2. The van der Waals surface area contributed by atoms with E-state index in [1.807, 2.05) is 12.1 Å². The molecule has 0 aliphatic heterocycles. The maximum Gasteiger partial charge on any atom is 0.192 e. The Morgan fingerprint density at radius 1 is 1.09 bits per heavy atom. The molecule has 0 heterocycles. The van der Waals surface area contributed by atoms with Gasteiger partial charge in [-0.1, -0.05) is 71.2 Å². The number of aliphatic hydroxyl groups is 1. The van der Waals surface area contributed by atoms with E-state index >= 15 is 0 Å². The Morgan fingerprint density at radius 3 is 2.14 bits per heavy atom. The number of hydrogen-bond donors (Lipinski definition) is 1. The van der Waals surface area contributed by atoms with Gasteiger partial charge in [0.15, 0.2) is 8.32 Å². The van der Waals surface area contributed by atoms with Crippen LogP contribution in [0.2, 0.25) is 18.1 Å². The quantitative estimate of drug-likeness (QED) is 0.482. The van der Waals surface area contributed by atoms with Crippen molar-refractivity contribution in [3.05, 3.63) is 35.4 Å². The van der Waals surface area contributed by atoms with Crippen molar-refractivity contribution in [2.75, 3.05) is 0 Å². The molecule has 0 aromatic heterocycles. The van der Waals surface area contributed by atoms with Crippen LogP contribution in [0.15, 0.2) is 24.3 Å². The molecule has 0 saturated heterocycles. The van der Waals surface area contributed by atoms with Crippen LogP contribution in [-0.4, -0.2) is 13.4 Å². The summed E-state index contributed by atoms with van der Waals surface area (Å²) in [7, 11) is -1.78. The highest BCUT2D eigenvalue weighted by atomic mass is 28.4. The molecule has 0 unspecified atom stereocenters. The molecule has 1 aromatic rings. The van der Waals surface area contributed by atoms with Crippen molar-refractivity contribution < 1.29 is 9.53 Å². The zero-order valence-electron chi connectivity index (χ0n) is 15.3. The van der Waals surface area contributed by atoms with Crippen molar-refractivity contribution in [2.24, 2.45) is 0 Å². The summed E-state index contributed by atoms with van der Waals surface area (Å²) >= 11 is 0. The Kier molecular flexibility index (Phi) is 7.30. The average molecular weight is 323 g/mol. The molecule has 1 rings (SSSR count). The molecule has 0 aliphatic carbocycles. The van der Waals surface area contributed by atoms with Gasteiger partial charge in [-0.15, -0.1) is 0 Å². The summed E-state index contributed by atoms with van der Waals surface area (Å²) in [5, 5.41) is 9.43. The third-order valence-electron chi connectivity index (χ3n) is 4.85. The molecular weight excluding hydrogens is 288 g/mol. The van der Waals surface area contributed by atoms with Crippen molar-refractivity contribution in [3.8, 4) is 0 Å². The molecule has 0 aliphatic rings. The maximum atomic E-state index is 9.21. The van der Waals surface area contributed by atoms with E-state index in [0.717, 1.165) is 12.0 Å². The van der Waals surface area contributed by atoms with Gasteiger partial charge in [0.25, 0.3) is 0 Å². The first kappa shape index (κ1) is 19.4. The predicted octanol–water partition coefficient (Wildman–Crippen LogP) is 5.82. The van der Waals surface area contributed by atoms with Gasteiger partial charge < -0.3 is 9.53 Å². The van der Waals surface area contributed by atoms with Gasteiger partial charge in [-0.05, 0) is 35.7 Å². The van der Waals surface area contributed by atoms with Gasteiger partial charge in [-0.2, -0.15) is 0 Å². The SMILES string of the molecule is CCCCC[C@H](O[Si](C)(C)C(C)(C)C)c1ccc(CO)cc1. The number of hydrogen-bond acceptors (Lipinski definition) is 2. The molecule has 126 valence electrons. The van der Waals surface area contributed by atoms with Gasteiger partial charge in [0, 0.05) is 0 Å². The minimum atomic E-state index is -1.78. The Hall–Kier alpha value is -0.643. The summed E-state index contributed by atoms with van der Waals surface area (Å²) in [5.41, 5.74) is 2.21. The first-order valence-corrected chi connectivity index (χ1v) is 11.5. The highest BCUT2D eigenvalue weighted by molar-refractivity contribution is 6.74. The summed E-state index contributed by atoms with van der Waals surface area (Å²) in [5.74, 6) is 0. The maximum absolute atomic E-state index is 9.21. The van der Waals surface area contributed by atoms with Gasteiger partial charge in [-0.25, -0.2) is 0 Å².